The fourth-order valence-electron chi connectivity index (χ4n) is 9.82. The molecule has 21 heteroatoms. The van der Waals surface area contributed by atoms with E-state index in [0.29, 0.717) is 44.0 Å². The third-order valence-corrected chi connectivity index (χ3v) is 16.3. The van der Waals surface area contributed by atoms with Gasteiger partial charge < -0.3 is 38.7 Å². The van der Waals surface area contributed by atoms with E-state index in [2.05, 4.69) is 10.3 Å². The molecule has 4 amide bonds. The van der Waals surface area contributed by atoms with Gasteiger partial charge in [-0.15, -0.1) is 5.10 Å². The fraction of sp³-hybridized carbons (Fsp3) is 0.673. The summed E-state index contributed by atoms with van der Waals surface area (Å²) in [5.74, 6) is -2.17. The first-order chi connectivity index (χ1) is 34.5. The van der Waals surface area contributed by atoms with Crippen LogP contribution < -0.4 is 0 Å². The number of hydrogen-bond acceptors (Lipinski definition) is 13. The molecule has 406 valence electrons. The van der Waals surface area contributed by atoms with Crippen LogP contribution in [0.25, 0.3) is 0 Å². The molecule has 20 nitrogen and oxygen atoms in total. The van der Waals surface area contributed by atoms with Crippen LogP contribution in [0.4, 0.5) is 0 Å². The molecular weight excluding hydrogens is 958 g/mol. The van der Waals surface area contributed by atoms with E-state index >= 15 is 0 Å². The van der Waals surface area contributed by atoms with Gasteiger partial charge in [0, 0.05) is 99.2 Å². The summed E-state index contributed by atoms with van der Waals surface area (Å²) < 4.78 is 33.6. The lowest BCUT2D eigenvalue weighted by Gasteiger charge is -2.40. The van der Waals surface area contributed by atoms with E-state index in [9.17, 15) is 38.2 Å². The number of likely N-dealkylation sites (tertiary alicyclic amines) is 1. The van der Waals surface area contributed by atoms with E-state index in [-0.39, 0.29) is 74.9 Å². The summed E-state index contributed by atoms with van der Waals surface area (Å²) in [6.45, 7) is 11.0. The fourth-order valence-corrected chi connectivity index (χ4v) is 11.7. The molecule has 1 saturated heterocycles. The van der Waals surface area contributed by atoms with Crippen LogP contribution in [0.2, 0.25) is 0 Å². The van der Waals surface area contributed by atoms with Crippen molar-refractivity contribution in [1.82, 2.24) is 39.5 Å². The third kappa shape index (κ3) is 16.9. The summed E-state index contributed by atoms with van der Waals surface area (Å²) in [5.41, 5.74) is 0.146. The van der Waals surface area contributed by atoms with Gasteiger partial charge in [-0.25, -0.2) is 9.67 Å². The van der Waals surface area contributed by atoms with Gasteiger partial charge in [-0.3, -0.25) is 38.2 Å². The molecule has 1 aromatic heterocycles. The predicted octanol–water partition coefficient (Wildman–Crippen LogP) is 4.33. The second-order valence-electron chi connectivity index (χ2n) is 20.2. The van der Waals surface area contributed by atoms with Gasteiger partial charge in [0.15, 0.2) is 5.96 Å². The van der Waals surface area contributed by atoms with Gasteiger partial charge in [-0.05, 0) is 43.1 Å². The number of carbonyl (C=O) groups excluding carboxylic acids is 6. The average Bonchev–Trinajstić information content (AvgIpc) is 4.10. The summed E-state index contributed by atoms with van der Waals surface area (Å²) in [4.78, 5) is 105. The number of Topliss-reactive ketones (excluding diaryl/α,β-unsaturated/α-hetero) is 2. The molecule has 2 aliphatic heterocycles. The highest BCUT2D eigenvalue weighted by molar-refractivity contribution is 7.59. The van der Waals surface area contributed by atoms with Crippen LogP contribution in [0.1, 0.15) is 90.8 Å². The number of hydrogen-bond donors (Lipinski definition) is 1. The minimum absolute atomic E-state index is 0.000317. The summed E-state index contributed by atoms with van der Waals surface area (Å²) >= 11 is 0. The number of methoxy groups -OCH3 is 2. The third-order valence-electron chi connectivity index (χ3n) is 14.0. The Labute approximate surface area is 432 Å². The highest BCUT2D eigenvalue weighted by Crippen LogP contribution is 2.50. The van der Waals surface area contributed by atoms with Gasteiger partial charge in [0.05, 0.1) is 62.8 Å². The van der Waals surface area contributed by atoms with Crippen LogP contribution in [0.15, 0.2) is 53.7 Å². The van der Waals surface area contributed by atoms with Crippen molar-refractivity contribution in [2.75, 3.05) is 75.4 Å². The Morgan fingerprint density at radius 3 is 2.18 bits per heavy atom. The highest BCUT2D eigenvalue weighted by atomic mass is 31.2. The molecular formula is C52H82N9O11P. The Hall–Kier alpha value is -5.14. The van der Waals surface area contributed by atoms with E-state index in [1.807, 2.05) is 96.0 Å². The summed E-state index contributed by atoms with van der Waals surface area (Å²) in [6.07, 6.45) is 4.14. The number of imide groups is 1. The summed E-state index contributed by atoms with van der Waals surface area (Å²) in [5, 5.41) is 8.02. The molecule has 1 unspecified atom stereocenters. The van der Waals surface area contributed by atoms with E-state index in [4.69, 9.17) is 19.2 Å². The number of guanidine groups is 1. The Morgan fingerprint density at radius 1 is 0.932 bits per heavy atom. The van der Waals surface area contributed by atoms with Crippen molar-refractivity contribution in [3.8, 4) is 0 Å². The second-order valence-corrected chi connectivity index (χ2v) is 22.8. The number of aromatic nitrogens is 3. The molecule has 2 aliphatic rings. The van der Waals surface area contributed by atoms with Crippen LogP contribution >= 0.6 is 7.37 Å². The number of carbonyl (C=O) groups is 6. The van der Waals surface area contributed by atoms with Gasteiger partial charge in [-0.2, -0.15) is 0 Å². The van der Waals surface area contributed by atoms with Gasteiger partial charge in [0.25, 0.3) is 11.8 Å². The largest absolute Gasteiger partial charge is 0.380 e. The zero-order valence-electron chi connectivity index (χ0n) is 45.2. The number of aliphatic imine (C=N–C) groups is 1. The van der Waals surface area contributed by atoms with Crippen molar-refractivity contribution in [3.05, 3.63) is 59.9 Å². The van der Waals surface area contributed by atoms with Crippen LogP contribution in [0.5, 0.6) is 0 Å². The van der Waals surface area contributed by atoms with Crippen LogP contribution in [0, 0.1) is 17.8 Å². The van der Waals surface area contributed by atoms with Crippen molar-refractivity contribution >= 4 is 48.5 Å². The maximum Gasteiger partial charge on any atom is 0.253 e. The summed E-state index contributed by atoms with van der Waals surface area (Å²) in [7, 11) is 8.11. The van der Waals surface area contributed by atoms with Crippen molar-refractivity contribution in [2.45, 2.75) is 135 Å². The number of rotatable bonds is 30. The first-order valence-corrected chi connectivity index (χ1v) is 27.4. The predicted molar refractivity (Wildman–Crippen MR) is 278 cm³/mol. The van der Waals surface area contributed by atoms with Gasteiger partial charge >= 0.3 is 0 Å². The number of ketones is 2. The zero-order chi connectivity index (χ0) is 54.2. The molecule has 1 N–H and O–H groups in total. The lowest BCUT2D eigenvalue weighted by molar-refractivity contribution is -0.146. The number of amides is 4. The molecule has 9 atom stereocenters. The maximum atomic E-state index is 14.5. The van der Waals surface area contributed by atoms with Crippen molar-refractivity contribution in [2.24, 2.45) is 22.7 Å². The van der Waals surface area contributed by atoms with Crippen LogP contribution in [0.3, 0.4) is 0 Å². The Balaban J connectivity index is 1.39. The van der Waals surface area contributed by atoms with Crippen LogP contribution in [-0.4, -0.2) is 197 Å². The quantitative estimate of drug-likeness (QED) is 0.0378. The number of benzene rings is 1. The monoisotopic (exact) mass is 1040 g/mol. The zero-order valence-corrected chi connectivity index (χ0v) is 46.1. The normalized spacial score (nSPS) is 18.5. The van der Waals surface area contributed by atoms with Crippen molar-refractivity contribution < 1.29 is 52.4 Å². The van der Waals surface area contributed by atoms with Gasteiger partial charge in [0.2, 0.25) is 19.2 Å². The SMILES string of the molecule is CC[C@H](C)[C@@H]([C@@H](CC(=O)N1CCC[C@H]1[C@H](OC)[C@@H](C)C(=O)C[C@@H](Cc1ccccc1)P(=O)(O)CC(=O)CCCOCCn1cc(CN2C(=O)C=CC2=O)nn1)OC)N(C)C(=O)[C@@H](N=C(N(C)C)N(C)C)C(C)C. The minimum atomic E-state index is -4.25. The Morgan fingerprint density at radius 2 is 1.59 bits per heavy atom. The molecule has 0 bridgehead atoms. The maximum absolute atomic E-state index is 14.5. The molecule has 1 aromatic carbocycles. The smallest absolute Gasteiger partial charge is 0.253 e. The van der Waals surface area contributed by atoms with E-state index in [0.717, 1.165) is 16.9 Å². The second kappa shape index (κ2) is 28.5. The summed E-state index contributed by atoms with van der Waals surface area (Å²) in [6, 6.07) is 7.50. The molecule has 0 aliphatic carbocycles. The first kappa shape index (κ1) is 60.4. The molecule has 0 saturated carbocycles. The van der Waals surface area contributed by atoms with Crippen molar-refractivity contribution in [3.63, 3.8) is 0 Å². The Kier molecular flexibility index (Phi) is 23.6. The molecule has 1 fully saturated rings. The lowest BCUT2D eigenvalue weighted by Crippen LogP contribution is -2.55. The molecule has 3 heterocycles. The topological polar surface area (TPSA) is 227 Å². The highest BCUT2D eigenvalue weighted by Gasteiger charge is 2.44. The number of nitrogens with zero attached hydrogens (tertiary/aromatic N) is 9. The molecule has 0 spiro atoms. The molecule has 73 heavy (non-hydrogen) atoms. The minimum Gasteiger partial charge on any atom is -0.380 e. The lowest BCUT2D eigenvalue weighted by atomic mass is 9.88. The first-order valence-electron chi connectivity index (χ1n) is 25.5. The van der Waals surface area contributed by atoms with Crippen molar-refractivity contribution in [1.29, 1.82) is 0 Å². The standard InChI is InChI=1S/C52H82N9O11P/c1-13-36(4)49(58(10)51(67)48(35(2)3)53-52(56(6)7)57(8)9)44(70-11)31-47(66)60-25-17-22-42(60)50(71-12)37(5)43(63)30-41(29-38-19-15-14-16-20-38)73(68,69)34-40(62)21-18-27-72-28-26-59-32-39(54-55-59)33-61-45(64)23-24-46(61)65/h14-16,19-20,23-24,32,35-37,41-42,44,48-50H,13,17-18,21-22,25-31,33-34H2,1-12H3,(H,68,69)/t36-,37-,41+,42-,44+,48-,49-,50+/m0/s1. The number of likely N-dealkylation sites (N-methyl/N-ethyl adjacent to an activating group) is 1. The molecule has 0 radical (unpaired) electrons. The van der Waals surface area contributed by atoms with Gasteiger partial charge in [-0.1, -0.05) is 76.6 Å². The average molecular weight is 1040 g/mol. The van der Waals surface area contributed by atoms with E-state index in [1.165, 1.54) is 23.9 Å². The van der Waals surface area contributed by atoms with Crippen LogP contribution in [-0.2, 0) is 67.1 Å². The molecule has 4 rings (SSSR count). The molecule has 2 aromatic rings. The van der Waals surface area contributed by atoms with E-state index < -0.39 is 73.0 Å². The van der Waals surface area contributed by atoms with Gasteiger partial charge in [0.1, 0.15) is 23.3 Å². The number of ether oxygens (including phenoxy) is 3. The van der Waals surface area contributed by atoms with E-state index in [1.54, 1.807) is 37.1 Å². The Bertz CT molecular complexity index is 2240.